The standard InChI is InChI=1S/C24H36O3/c1-4-6-7-11-19-14-16-20(17-15-19)21-12-8-9-13-22(21)24(26)18(3)27-23(25)10-5-2/h8-9,12-13,18-20H,4-7,10-11,14-17H2,1-3H3. The SMILES string of the molecule is CCCCCC1CCC(c2ccccc2C(=O)C(C)OC(=O)CCC)CC1. The van der Waals surface area contributed by atoms with Crippen LogP contribution in [0.5, 0.6) is 0 Å². The molecule has 0 aliphatic heterocycles. The second-order valence-electron chi connectivity index (χ2n) is 8.05. The largest absolute Gasteiger partial charge is 0.454 e. The molecule has 0 N–H and O–H groups in total. The quantitative estimate of drug-likeness (QED) is 0.269. The molecule has 2 rings (SSSR count). The van der Waals surface area contributed by atoms with Gasteiger partial charge in [-0.15, -0.1) is 0 Å². The van der Waals surface area contributed by atoms with Crippen molar-refractivity contribution < 1.29 is 14.3 Å². The average molecular weight is 373 g/mol. The summed E-state index contributed by atoms with van der Waals surface area (Å²) in [6.45, 7) is 5.88. The molecule has 0 radical (unpaired) electrons. The molecule has 150 valence electrons. The number of ether oxygens (including phenoxy) is 1. The lowest BCUT2D eigenvalue weighted by atomic mass is 9.75. The Morgan fingerprint density at radius 1 is 1.04 bits per heavy atom. The second kappa shape index (κ2) is 11.3. The molecule has 1 aliphatic rings. The van der Waals surface area contributed by atoms with Crippen LogP contribution in [0.2, 0.25) is 0 Å². The van der Waals surface area contributed by atoms with Crippen molar-refractivity contribution in [1.29, 1.82) is 0 Å². The Morgan fingerprint density at radius 2 is 1.74 bits per heavy atom. The highest BCUT2D eigenvalue weighted by Gasteiger charge is 2.27. The van der Waals surface area contributed by atoms with Crippen LogP contribution in [0.3, 0.4) is 0 Å². The zero-order valence-electron chi connectivity index (χ0n) is 17.3. The summed E-state index contributed by atoms with van der Waals surface area (Å²) >= 11 is 0. The van der Waals surface area contributed by atoms with Crippen molar-refractivity contribution in [2.45, 2.75) is 97.0 Å². The second-order valence-corrected chi connectivity index (χ2v) is 8.05. The van der Waals surface area contributed by atoms with Gasteiger partial charge in [0.25, 0.3) is 0 Å². The van der Waals surface area contributed by atoms with Gasteiger partial charge in [-0.1, -0.05) is 63.8 Å². The van der Waals surface area contributed by atoms with Gasteiger partial charge in [0.05, 0.1) is 0 Å². The smallest absolute Gasteiger partial charge is 0.306 e. The molecule has 0 aromatic heterocycles. The number of benzene rings is 1. The Hall–Kier alpha value is -1.64. The van der Waals surface area contributed by atoms with Gasteiger partial charge in [-0.3, -0.25) is 9.59 Å². The lowest BCUT2D eigenvalue weighted by molar-refractivity contribution is -0.146. The van der Waals surface area contributed by atoms with E-state index in [1.165, 1.54) is 38.5 Å². The van der Waals surface area contributed by atoms with Gasteiger partial charge in [-0.2, -0.15) is 0 Å². The van der Waals surface area contributed by atoms with E-state index in [4.69, 9.17) is 4.74 Å². The minimum atomic E-state index is -0.712. The van der Waals surface area contributed by atoms with E-state index in [2.05, 4.69) is 13.0 Å². The number of unbranched alkanes of at least 4 members (excludes halogenated alkanes) is 2. The van der Waals surface area contributed by atoms with Gasteiger partial charge in [-0.05, 0) is 56.4 Å². The van der Waals surface area contributed by atoms with Gasteiger partial charge in [0, 0.05) is 12.0 Å². The van der Waals surface area contributed by atoms with Gasteiger partial charge < -0.3 is 4.74 Å². The highest BCUT2D eigenvalue weighted by molar-refractivity contribution is 6.01. The third-order valence-electron chi connectivity index (χ3n) is 5.86. The summed E-state index contributed by atoms with van der Waals surface area (Å²) in [7, 11) is 0. The van der Waals surface area contributed by atoms with E-state index in [-0.39, 0.29) is 11.8 Å². The van der Waals surface area contributed by atoms with Crippen molar-refractivity contribution in [3.8, 4) is 0 Å². The van der Waals surface area contributed by atoms with Crippen LogP contribution in [0.4, 0.5) is 0 Å². The molecule has 1 aromatic carbocycles. The van der Waals surface area contributed by atoms with Crippen LogP contribution in [0, 0.1) is 5.92 Å². The Labute approximate surface area is 164 Å². The molecule has 0 saturated heterocycles. The summed E-state index contributed by atoms with van der Waals surface area (Å²) in [5, 5.41) is 0. The van der Waals surface area contributed by atoms with Gasteiger partial charge in [0.1, 0.15) is 0 Å². The van der Waals surface area contributed by atoms with Crippen molar-refractivity contribution in [2.24, 2.45) is 5.92 Å². The van der Waals surface area contributed by atoms with Crippen LogP contribution in [0.1, 0.15) is 107 Å². The van der Waals surface area contributed by atoms with Crippen molar-refractivity contribution in [2.75, 3.05) is 0 Å². The average Bonchev–Trinajstić information content (AvgIpc) is 2.68. The molecular weight excluding hydrogens is 336 g/mol. The fourth-order valence-corrected chi connectivity index (χ4v) is 4.26. The lowest BCUT2D eigenvalue weighted by Crippen LogP contribution is -2.26. The maximum Gasteiger partial charge on any atom is 0.306 e. The predicted octanol–water partition coefficient (Wildman–Crippen LogP) is 6.46. The first-order valence-electron chi connectivity index (χ1n) is 10.9. The van der Waals surface area contributed by atoms with Gasteiger partial charge >= 0.3 is 5.97 Å². The van der Waals surface area contributed by atoms with Gasteiger partial charge in [-0.25, -0.2) is 0 Å². The summed E-state index contributed by atoms with van der Waals surface area (Å²) in [6, 6.07) is 7.92. The first-order chi connectivity index (χ1) is 13.1. The molecule has 0 heterocycles. The molecule has 1 unspecified atom stereocenters. The van der Waals surface area contributed by atoms with Crippen LogP contribution >= 0.6 is 0 Å². The third kappa shape index (κ3) is 6.48. The van der Waals surface area contributed by atoms with Crippen LogP contribution in [-0.4, -0.2) is 17.9 Å². The lowest BCUT2D eigenvalue weighted by Gasteiger charge is -2.30. The van der Waals surface area contributed by atoms with Gasteiger partial charge in [0.2, 0.25) is 5.78 Å². The monoisotopic (exact) mass is 372 g/mol. The van der Waals surface area contributed by atoms with E-state index in [0.29, 0.717) is 12.3 Å². The van der Waals surface area contributed by atoms with E-state index < -0.39 is 6.10 Å². The zero-order chi connectivity index (χ0) is 19.6. The fraction of sp³-hybridized carbons (Fsp3) is 0.667. The first kappa shape index (κ1) is 21.7. The molecule has 1 atom stereocenters. The molecule has 0 bridgehead atoms. The Kier molecular flexibility index (Phi) is 9.03. The highest BCUT2D eigenvalue weighted by atomic mass is 16.5. The summed E-state index contributed by atoms with van der Waals surface area (Å²) in [4.78, 5) is 24.7. The van der Waals surface area contributed by atoms with Crippen molar-refractivity contribution in [3.63, 3.8) is 0 Å². The minimum absolute atomic E-state index is 0.0693. The molecule has 27 heavy (non-hydrogen) atoms. The predicted molar refractivity (Wildman–Crippen MR) is 110 cm³/mol. The number of carbonyl (C=O) groups is 2. The number of ketones is 1. The maximum atomic E-state index is 12.9. The first-order valence-corrected chi connectivity index (χ1v) is 10.9. The Balaban J connectivity index is 1.99. The van der Waals surface area contributed by atoms with Gasteiger partial charge in [0.15, 0.2) is 6.10 Å². The third-order valence-corrected chi connectivity index (χ3v) is 5.86. The van der Waals surface area contributed by atoms with Crippen molar-refractivity contribution >= 4 is 11.8 Å². The highest BCUT2D eigenvalue weighted by Crippen LogP contribution is 2.39. The number of rotatable bonds is 10. The Bertz CT molecular complexity index is 599. The molecule has 0 spiro atoms. The van der Waals surface area contributed by atoms with E-state index >= 15 is 0 Å². The van der Waals surface area contributed by atoms with E-state index in [1.807, 2.05) is 25.1 Å². The molecule has 3 heteroatoms. The molecule has 1 fully saturated rings. The van der Waals surface area contributed by atoms with E-state index in [1.54, 1.807) is 6.92 Å². The number of hydrogen-bond acceptors (Lipinski definition) is 3. The number of hydrogen-bond donors (Lipinski definition) is 0. The number of Topliss-reactive ketones (excluding diaryl/α,β-unsaturated/α-hetero) is 1. The van der Waals surface area contributed by atoms with Crippen LogP contribution in [0.15, 0.2) is 24.3 Å². The van der Waals surface area contributed by atoms with Crippen LogP contribution in [0.25, 0.3) is 0 Å². The van der Waals surface area contributed by atoms with Crippen molar-refractivity contribution in [3.05, 3.63) is 35.4 Å². The number of esters is 1. The molecular formula is C24H36O3. The molecule has 1 aromatic rings. The minimum Gasteiger partial charge on any atom is -0.454 e. The Morgan fingerprint density at radius 3 is 2.41 bits per heavy atom. The maximum absolute atomic E-state index is 12.9. The zero-order valence-corrected chi connectivity index (χ0v) is 17.3. The summed E-state index contributed by atoms with van der Waals surface area (Å²) in [5.41, 5.74) is 1.89. The molecule has 1 saturated carbocycles. The molecule has 1 aliphatic carbocycles. The summed E-state index contributed by atoms with van der Waals surface area (Å²) in [5.74, 6) is 0.944. The molecule has 3 nitrogen and oxygen atoms in total. The topological polar surface area (TPSA) is 43.4 Å². The van der Waals surface area contributed by atoms with E-state index in [0.717, 1.165) is 36.3 Å². The van der Waals surface area contributed by atoms with E-state index in [9.17, 15) is 9.59 Å². The fourth-order valence-electron chi connectivity index (χ4n) is 4.26. The van der Waals surface area contributed by atoms with Crippen LogP contribution in [-0.2, 0) is 9.53 Å². The molecule has 0 amide bonds. The van der Waals surface area contributed by atoms with Crippen LogP contribution < -0.4 is 0 Å². The normalized spacial score (nSPS) is 20.9. The number of carbonyl (C=O) groups excluding carboxylic acids is 2. The van der Waals surface area contributed by atoms with Crippen molar-refractivity contribution in [1.82, 2.24) is 0 Å². The summed E-state index contributed by atoms with van der Waals surface area (Å²) < 4.78 is 5.33. The summed E-state index contributed by atoms with van der Waals surface area (Å²) in [6.07, 6.45) is 10.5.